The third kappa shape index (κ3) is 8.56. The second-order valence-electron chi connectivity index (χ2n) is 10.6. The third-order valence-corrected chi connectivity index (χ3v) is 6.84. The van der Waals surface area contributed by atoms with Gasteiger partial charge in [0.1, 0.15) is 6.10 Å². The van der Waals surface area contributed by atoms with Gasteiger partial charge >= 0.3 is 5.97 Å². The quantitative estimate of drug-likeness (QED) is 0.232. The van der Waals surface area contributed by atoms with Crippen LogP contribution in [0.25, 0.3) is 0 Å². The zero-order valence-electron chi connectivity index (χ0n) is 21.8. The molecular weight excluding hydrogens is 450 g/mol. The summed E-state index contributed by atoms with van der Waals surface area (Å²) in [6.45, 7) is 11.6. The summed E-state index contributed by atoms with van der Waals surface area (Å²) < 4.78 is 22.6. The van der Waals surface area contributed by atoms with Gasteiger partial charge in [-0.3, -0.25) is 9.59 Å². The summed E-state index contributed by atoms with van der Waals surface area (Å²) in [6, 6.07) is -0.0828. The number of hydrogen-bond acceptors (Lipinski definition) is 7. The van der Waals surface area contributed by atoms with E-state index in [1.54, 1.807) is 19.9 Å². The molecule has 8 heteroatoms. The van der Waals surface area contributed by atoms with Crippen LogP contribution >= 0.6 is 0 Å². The predicted molar refractivity (Wildman–Crippen MR) is 131 cm³/mol. The van der Waals surface area contributed by atoms with E-state index < -0.39 is 11.9 Å². The van der Waals surface area contributed by atoms with Crippen LogP contribution < -0.4 is 5.32 Å². The number of nitrogens with one attached hydrogen (secondary N) is 1. The van der Waals surface area contributed by atoms with Crippen LogP contribution in [0.1, 0.15) is 67.2 Å². The Morgan fingerprint density at radius 3 is 2.63 bits per heavy atom. The molecule has 1 unspecified atom stereocenters. The topological polar surface area (TPSA) is 107 Å². The molecule has 0 saturated carbocycles. The molecule has 8 nitrogen and oxygen atoms in total. The highest BCUT2D eigenvalue weighted by atomic mass is 16.7. The predicted octanol–water partition coefficient (Wildman–Crippen LogP) is 3.34. The fourth-order valence-corrected chi connectivity index (χ4v) is 4.97. The first-order valence-corrected chi connectivity index (χ1v) is 12.6. The number of aliphatic hydroxyl groups is 1. The SMILES string of the molecule is CC(=O)OC(C)C=CC(=O)N[C@@H]1C[C@H](C)[C@H](CC=C(C)C=C[C@@H]2C[C@]3(CO3)C[C@@](C)(O)O2)O[C@@H]1C. The van der Waals surface area contributed by atoms with Gasteiger partial charge in [0.15, 0.2) is 5.79 Å². The minimum Gasteiger partial charge on any atom is -0.459 e. The summed E-state index contributed by atoms with van der Waals surface area (Å²) >= 11 is 0. The van der Waals surface area contributed by atoms with E-state index in [0.29, 0.717) is 13.0 Å². The van der Waals surface area contributed by atoms with Crippen LogP contribution in [-0.4, -0.2) is 65.4 Å². The second-order valence-corrected chi connectivity index (χ2v) is 10.6. The Labute approximate surface area is 208 Å². The highest BCUT2D eigenvalue weighted by molar-refractivity contribution is 5.87. The fraction of sp³-hybridized carbons (Fsp3) is 0.704. The maximum absolute atomic E-state index is 12.3. The Morgan fingerprint density at radius 2 is 1.97 bits per heavy atom. The number of amides is 1. The van der Waals surface area contributed by atoms with Crippen molar-refractivity contribution in [3.05, 3.63) is 36.0 Å². The van der Waals surface area contributed by atoms with Crippen molar-refractivity contribution in [2.75, 3.05) is 6.61 Å². The van der Waals surface area contributed by atoms with Gasteiger partial charge in [-0.1, -0.05) is 30.7 Å². The number of esters is 1. The third-order valence-electron chi connectivity index (χ3n) is 6.84. The highest BCUT2D eigenvalue weighted by Gasteiger charge is 2.54. The van der Waals surface area contributed by atoms with Crippen molar-refractivity contribution < 1.29 is 33.6 Å². The lowest BCUT2D eigenvalue weighted by molar-refractivity contribution is -0.244. The number of carbonyl (C=O) groups excluding carboxylic acids is 2. The van der Waals surface area contributed by atoms with Crippen molar-refractivity contribution >= 4 is 11.9 Å². The smallest absolute Gasteiger partial charge is 0.303 e. The van der Waals surface area contributed by atoms with Gasteiger partial charge in [-0.2, -0.15) is 0 Å². The van der Waals surface area contributed by atoms with Gasteiger partial charge in [-0.25, -0.2) is 0 Å². The molecule has 8 atom stereocenters. The van der Waals surface area contributed by atoms with Gasteiger partial charge in [0.05, 0.1) is 36.6 Å². The average Bonchev–Trinajstić information content (AvgIpc) is 3.47. The maximum atomic E-state index is 12.3. The van der Waals surface area contributed by atoms with E-state index in [2.05, 4.69) is 18.3 Å². The number of epoxide rings is 1. The molecule has 196 valence electrons. The molecule has 3 fully saturated rings. The Hall–Kier alpha value is -2.00. The highest BCUT2D eigenvalue weighted by Crippen LogP contribution is 2.45. The van der Waals surface area contributed by atoms with Gasteiger partial charge in [0.25, 0.3) is 0 Å². The van der Waals surface area contributed by atoms with Crippen molar-refractivity contribution in [3.8, 4) is 0 Å². The van der Waals surface area contributed by atoms with Crippen molar-refractivity contribution in [2.24, 2.45) is 5.92 Å². The van der Waals surface area contributed by atoms with Gasteiger partial charge < -0.3 is 29.4 Å². The van der Waals surface area contributed by atoms with Crippen LogP contribution in [0.3, 0.4) is 0 Å². The summed E-state index contributed by atoms with van der Waals surface area (Å²) in [5, 5.41) is 13.4. The van der Waals surface area contributed by atoms with Gasteiger partial charge in [0, 0.05) is 25.8 Å². The Kier molecular flexibility index (Phi) is 8.96. The maximum Gasteiger partial charge on any atom is 0.303 e. The summed E-state index contributed by atoms with van der Waals surface area (Å²) in [4.78, 5) is 23.3. The molecule has 0 bridgehead atoms. The molecule has 3 rings (SSSR count). The molecule has 0 radical (unpaired) electrons. The largest absolute Gasteiger partial charge is 0.459 e. The molecule has 0 aromatic carbocycles. The molecule has 0 aromatic rings. The van der Waals surface area contributed by atoms with Crippen molar-refractivity contribution in [1.29, 1.82) is 0 Å². The summed E-state index contributed by atoms with van der Waals surface area (Å²) in [6.07, 6.45) is 11.4. The van der Waals surface area contributed by atoms with Crippen molar-refractivity contribution in [2.45, 2.75) is 109 Å². The van der Waals surface area contributed by atoms with Gasteiger partial charge in [0.2, 0.25) is 5.91 Å². The van der Waals surface area contributed by atoms with Crippen molar-refractivity contribution in [1.82, 2.24) is 5.32 Å². The summed E-state index contributed by atoms with van der Waals surface area (Å²) in [7, 11) is 0. The van der Waals surface area contributed by atoms with E-state index >= 15 is 0 Å². The van der Waals surface area contributed by atoms with Crippen LogP contribution in [-0.2, 0) is 28.5 Å². The minimum atomic E-state index is -1.16. The monoisotopic (exact) mass is 491 g/mol. The summed E-state index contributed by atoms with van der Waals surface area (Å²) in [5.74, 6) is -1.49. The van der Waals surface area contributed by atoms with Gasteiger partial charge in [-0.15, -0.1) is 0 Å². The van der Waals surface area contributed by atoms with Crippen molar-refractivity contribution in [3.63, 3.8) is 0 Å². The Balaban J connectivity index is 1.46. The molecule has 2 N–H and O–H groups in total. The normalized spacial score (nSPS) is 38.6. The zero-order chi connectivity index (χ0) is 25.8. The van der Waals surface area contributed by atoms with Crippen LogP contribution in [0.4, 0.5) is 0 Å². The standard InChI is InChI=1S/C27H41NO7/c1-17(7-10-22-14-27(16-32-27)15-26(6,31)35-22)8-11-24-18(2)13-23(20(4)34-24)28-25(30)12-9-19(3)33-21(5)29/h7-10,12,18-20,22-24,31H,11,13-16H2,1-6H3,(H,28,30)/t18-,19?,20+,22+,23+,24-,26-,27+/m0/s1. The van der Waals surface area contributed by atoms with Gasteiger partial charge in [-0.05, 0) is 52.5 Å². The molecule has 0 aliphatic carbocycles. The van der Waals surface area contributed by atoms with E-state index in [1.165, 1.54) is 13.0 Å². The first-order chi connectivity index (χ1) is 16.4. The van der Waals surface area contributed by atoms with Crippen LogP contribution in [0.5, 0.6) is 0 Å². The molecule has 0 aromatic heterocycles. The number of rotatable bonds is 8. The van der Waals surface area contributed by atoms with E-state index in [1.807, 2.05) is 26.0 Å². The van der Waals surface area contributed by atoms with Crippen LogP contribution in [0.15, 0.2) is 36.0 Å². The first kappa shape index (κ1) is 27.6. The molecular formula is C27H41NO7. The molecule has 1 spiro atoms. The number of ether oxygens (including phenoxy) is 4. The van der Waals surface area contributed by atoms with E-state index in [-0.39, 0.29) is 47.7 Å². The first-order valence-electron chi connectivity index (χ1n) is 12.6. The van der Waals surface area contributed by atoms with Crippen LogP contribution in [0.2, 0.25) is 0 Å². The molecule has 35 heavy (non-hydrogen) atoms. The lowest BCUT2D eigenvalue weighted by atomic mass is 9.88. The summed E-state index contributed by atoms with van der Waals surface area (Å²) in [5.41, 5.74) is 0.883. The zero-order valence-corrected chi connectivity index (χ0v) is 21.8. The van der Waals surface area contributed by atoms with Crippen LogP contribution in [0, 0.1) is 5.92 Å². The lowest BCUT2D eigenvalue weighted by Gasteiger charge is -2.39. The molecule has 3 aliphatic rings. The van der Waals surface area contributed by atoms with E-state index in [4.69, 9.17) is 18.9 Å². The lowest BCUT2D eigenvalue weighted by Crippen LogP contribution is -2.50. The molecule has 1 amide bonds. The molecule has 3 heterocycles. The average molecular weight is 492 g/mol. The Bertz CT molecular complexity index is 852. The van der Waals surface area contributed by atoms with E-state index in [0.717, 1.165) is 24.8 Å². The van der Waals surface area contributed by atoms with E-state index in [9.17, 15) is 14.7 Å². The number of hydrogen-bond donors (Lipinski definition) is 2. The fourth-order valence-electron chi connectivity index (χ4n) is 4.97. The Morgan fingerprint density at radius 1 is 1.26 bits per heavy atom. The molecule has 3 aliphatic heterocycles. The minimum absolute atomic E-state index is 0.0656. The second kappa shape index (κ2) is 11.4. The molecule has 3 saturated heterocycles. The number of allylic oxidation sites excluding steroid dienone is 2. The number of carbonyl (C=O) groups is 2.